The van der Waals surface area contributed by atoms with Crippen LogP contribution in [0.5, 0.6) is 5.75 Å². The Balaban J connectivity index is 1.92. The molecule has 23 heavy (non-hydrogen) atoms. The number of aromatic hydroxyl groups is 1. The molecule has 1 N–H and O–H groups in total. The van der Waals surface area contributed by atoms with Gasteiger partial charge in [0.25, 0.3) is 0 Å². The van der Waals surface area contributed by atoms with Gasteiger partial charge in [-0.25, -0.2) is 4.68 Å². The van der Waals surface area contributed by atoms with E-state index in [1.54, 1.807) is 10.7 Å². The van der Waals surface area contributed by atoms with Crippen LogP contribution in [0, 0.1) is 6.92 Å². The van der Waals surface area contributed by atoms with E-state index in [4.69, 9.17) is 11.6 Å². The van der Waals surface area contributed by atoms with E-state index in [1.165, 1.54) is 0 Å². The molecular weight excluding hydrogens is 348 g/mol. The first-order valence-electron chi connectivity index (χ1n) is 7.35. The van der Waals surface area contributed by atoms with Crippen molar-refractivity contribution in [2.24, 2.45) is 0 Å². The molecule has 0 spiro atoms. The quantitative estimate of drug-likeness (QED) is 0.682. The standard InChI is InChI=1S/C17H15ClN2OS2/c1-10-2-4-14-12(8-10)16(18)20(19-14)15-5-3-11(21)9-13(15)17-22-6-7-23-17/h2-5,8-9,17,21H,6-7H2,1H3. The fourth-order valence-electron chi connectivity index (χ4n) is 2.79. The molecule has 2 heterocycles. The van der Waals surface area contributed by atoms with Gasteiger partial charge in [0.1, 0.15) is 10.9 Å². The molecule has 3 nitrogen and oxygen atoms in total. The van der Waals surface area contributed by atoms with Crippen LogP contribution in [0.2, 0.25) is 5.15 Å². The second-order valence-corrected chi connectivity index (χ2v) is 8.62. The second-order valence-electron chi connectivity index (χ2n) is 5.54. The van der Waals surface area contributed by atoms with Gasteiger partial charge >= 0.3 is 0 Å². The topological polar surface area (TPSA) is 38.0 Å². The lowest BCUT2D eigenvalue weighted by atomic mass is 10.2. The highest BCUT2D eigenvalue weighted by Crippen LogP contribution is 2.48. The largest absolute Gasteiger partial charge is 0.508 e. The molecule has 6 heteroatoms. The Kier molecular flexibility index (Phi) is 3.95. The van der Waals surface area contributed by atoms with Crippen LogP contribution in [0.15, 0.2) is 36.4 Å². The number of nitrogens with zero attached hydrogens (tertiary/aromatic N) is 2. The maximum absolute atomic E-state index is 9.91. The SMILES string of the molecule is Cc1ccc2nn(-c3ccc(O)cc3C3SCCS3)c(Cl)c2c1. The third-order valence-electron chi connectivity index (χ3n) is 3.88. The van der Waals surface area contributed by atoms with Crippen LogP contribution >= 0.6 is 35.1 Å². The van der Waals surface area contributed by atoms with Gasteiger partial charge in [-0.2, -0.15) is 5.10 Å². The summed E-state index contributed by atoms with van der Waals surface area (Å²) in [4.78, 5) is 0. The molecule has 0 amide bonds. The predicted octanol–water partition coefficient (Wildman–Crippen LogP) is 5.17. The van der Waals surface area contributed by atoms with Crippen molar-refractivity contribution in [3.05, 3.63) is 52.7 Å². The van der Waals surface area contributed by atoms with Gasteiger partial charge in [0.2, 0.25) is 0 Å². The first-order valence-corrected chi connectivity index (χ1v) is 9.82. The van der Waals surface area contributed by atoms with Crippen molar-refractivity contribution in [3.63, 3.8) is 0 Å². The van der Waals surface area contributed by atoms with Crippen LogP contribution in [0.25, 0.3) is 16.6 Å². The monoisotopic (exact) mass is 362 g/mol. The van der Waals surface area contributed by atoms with Gasteiger partial charge in [-0.15, -0.1) is 23.5 Å². The van der Waals surface area contributed by atoms with Gasteiger partial charge < -0.3 is 5.11 Å². The molecule has 0 unspecified atom stereocenters. The average molecular weight is 363 g/mol. The van der Waals surface area contributed by atoms with Crippen molar-refractivity contribution in [2.45, 2.75) is 11.5 Å². The fourth-order valence-corrected chi connectivity index (χ4v) is 5.97. The number of hydrogen-bond donors (Lipinski definition) is 1. The molecular formula is C17H15ClN2OS2. The number of hydrogen-bond acceptors (Lipinski definition) is 4. The molecule has 3 aromatic rings. The van der Waals surface area contributed by atoms with E-state index < -0.39 is 0 Å². The highest BCUT2D eigenvalue weighted by molar-refractivity contribution is 8.19. The number of thioether (sulfide) groups is 2. The molecule has 1 aliphatic heterocycles. The summed E-state index contributed by atoms with van der Waals surface area (Å²) in [6.45, 7) is 2.05. The first-order chi connectivity index (χ1) is 11.1. The minimum Gasteiger partial charge on any atom is -0.508 e. The van der Waals surface area contributed by atoms with E-state index in [0.717, 1.165) is 39.2 Å². The molecule has 0 bridgehead atoms. The lowest BCUT2D eigenvalue weighted by Gasteiger charge is -2.15. The van der Waals surface area contributed by atoms with Gasteiger partial charge in [0, 0.05) is 22.5 Å². The highest BCUT2D eigenvalue weighted by atomic mass is 35.5. The lowest BCUT2D eigenvalue weighted by molar-refractivity contribution is 0.474. The molecule has 0 radical (unpaired) electrons. The summed E-state index contributed by atoms with van der Waals surface area (Å²) in [7, 11) is 0. The number of benzene rings is 2. The van der Waals surface area contributed by atoms with Gasteiger partial charge in [-0.05, 0) is 37.3 Å². The van der Waals surface area contributed by atoms with Gasteiger partial charge in [0.05, 0.1) is 15.8 Å². The van der Waals surface area contributed by atoms with Crippen LogP contribution in [0.1, 0.15) is 15.7 Å². The Bertz CT molecular complexity index is 888. The van der Waals surface area contributed by atoms with E-state index in [1.807, 2.05) is 54.7 Å². The molecule has 1 aromatic heterocycles. The summed E-state index contributed by atoms with van der Waals surface area (Å²) in [6, 6.07) is 11.5. The maximum atomic E-state index is 9.91. The normalized spacial score (nSPS) is 15.6. The first kappa shape index (κ1) is 15.2. The summed E-state index contributed by atoms with van der Waals surface area (Å²) in [5.74, 6) is 2.53. The van der Waals surface area contributed by atoms with Crippen LogP contribution < -0.4 is 0 Å². The van der Waals surface area contributed by atoms with Crippen molar-refractivity contribution in [3.8, 4) is 11.4 Å². The van der Waals surface area contributed by atoms with Crippen LogP contribution in [-0.2, 0) is 0 Å². The maximum Gasteiger partial charge on any atom is 0.140 e. The molecule has 0 saturated carbocycles. The number of rotatable bonds is 2. The third-order valence-corrected chi connectivity index (χ3v) is 7.31. The Morgan fingerprint density at radius 1 is 1.17 bits per heavy atom. The highest BCUT2D eigenvalue weighted by Gasteiger charge is 2.24. The molecule has 1 fully saturated rings. The van der Waals surface area contributed by atoms with Gasteiger partial charge in [-0.3, -0.25) is 0 Å². The molecule has 1 aliphatic rings. The number of halogens is 1. The third kappa shape index (κ3) is 2.71. The summed E-state index contributed by atoms with van der Waals surface area (Å²) in [6.07, 6.45) is 0. The number of aromatic nitrogens is 2. The van der Waals surface area contributed by atoms with Crippen molar-refractivity contribution in [1.82, 2.24) is 9.78 Å². The number of fused-ring (bicyclic) bond motifs is 1. The fraction of sp³-hybridized carbons (Fsp3) is 0.235. The van der Waals surface area contributed by atoms with Gasteiger partial charge in [-0.1, -0.05) is 23.2 Å². The summed E-state index contributed by atoms with van der Waals surface area (Å²) >= 11 is 10.4. The average Bonchev–Trinajstić information content (AvgIpc) is 3.17. The Morgan fingerprint density at radius 2 is 1.96 bits per heavy atom. The minimum atomic E-state index is 0.278. The number of phenols is 1. The molecule has 4 rings (SSSR count). The van der Waals surface area contributed by atoms with Crippen molar-refractivity contribution < 1.29 is 5.11 Å². The van der Waals surface area contributed by atoms with Crippen LogP contribution in [0.3, 0.4) is 0 Å². The summed E-state index contributed by atoms with van der Waals surface area (Å²) in [5.41, 5.74) is 4.05. The lowest BCUT2D eigenvalue weighted by Crippen LogP contribution is -2.02. The van der Waals surface area contributed by atoms with Crippen molar-refractivity contribution >= 4 is 46.0 Å². The van der Waals surface area contributed by atoms with E-state index in [0.29, 0.717) is 9.74 Å². The zero-order valence-corrected chi connectivity index (χ0v) is 14.9. The Morgan fingerprint density at radius 3 is 2.74 bits per heavy atom. The molecule has 2 aromatic carbocycles. The van der Waals surface area contributed by atoms with Gasteiger partial charge in [0.15, 0.2) is 0 Å². The number of aryl methyl sites for hydroxylation is 1. The molecule has 0 aliphatic carbocycles. The van der Waals surface area contributed by atoms with E-state index in [-0.39, 0.29) is 5.75 Å². The Labute approximate surface area is 148 Å². The summed E-state index contributed by atoms with van der Waals surface area (Å²) < 4.78 is 2.10. The van der Waals surface area contributed by atoms with E-state index >= 15 is 0 Å². The van der Waals surface area contributed by atoms with Crippen molar-refractivity contribution in [1.29, 1.82) is 0 Å². The smallest absolute Gasteiger partial charge is 0.140 e. The molecule has 0 atom stereocenters. The van der Waals surface area contributed by atoms with E-state index in [2.05, 4.69) is 11.2 Å². The zero-order valence-electron chi connectivity index (χ0n) is 12.5. The Hall–Kier alpha value is -1.30. The van der Waals surface area contributed by atoms with E-state index in [9.17, 15) is 5.11 Å². The van der Waals surface area contributed by atoms with Crippen LogP contribution in [0.4, 0.5) is 0 Å². The van der Waals surface area contributed by atoms with Crippen LogP contribution in [-0.4, -0.2) is 26.4 Å². The minimum absolute atomic E-state index is 0.278. The predicted molar refractivity (Wildman–Crippen MR) is 100 cm³/mol. The summed E-state index contributed by atoms with van der Waals surface area (Å²) in [5, 5.41) is 16.1. The number of phenolic OH excluding ortho intramolecular Hbond substituents is 1. The molecule has 1 saturated heterocycles. The second kappa shape index (κ2) is 5.96. The zero-order chi connectivity index (χ0) is 16.0. The van der Waals surface area contributed by atoms with Crippen molar-refractivity contribution in [2.75, 3.05) is 11.5 Å². The molecule has 118 valence electrons.